The summed E-state index contributed by atoms with van der Waals surface area (Å²) in [4.78, 5) is 16.8. The average molecular weight is 525 g/mol. The van der Waals surface area contributed by atoms with Crippen molar-refractivity contribution in [2.45, 2.75) is 25.6 Å². The predicted molar refractivity (Wildman–Crippen MR) is 129 cm³/mol. The fraction of sp³-hybridized carbons (Fsp3) is 0.269. The van der Waals surface area contributed by atoms with Crippen LogP contribution in [-0.4, -0.2) is 30.4 Å². The highest BCUT2D eigenvalue weighted by Crippen LogP contribution is 2.36. The third-order valence-electron chi connectivity index (χ3n) is 6.04. The molecule has 3 aromatic carbocycles. The first-order chi connectivity index (χ1) is 16.5. The molecule has 0 radical (unpaired) electrons. The van der Waals surface area contributed by atoms with Gasteiger partial charge in [0.15, 0.2) is 0 Å². The Kier molecular flexibility index (Phi) is 7.29. The molecule has 0 saturated carbocycles. The Labute approximate surface area is 210 Å². The second-order valence-electron chi connectivity index (χ2n) is 8.58. The SMILES string of the molecule is Cc1ccc(N2CCN(C(=O)Cc3cc(F)cc(C(F)(F)F)c3)CC2c2ccc(Cl)cc2)c(Cl)c1. The van der Waals surface area contributed by atoms with Gasteiger partial charge in [-0.3, -0.25) is 4.79 Å². The van der Waals surface area contributed by atoms with E-state index in [0.717, 1.165) is 28.9 Å². The number of benzene rings is 3. The normalized spacial score (nSPS) is 16.5. The maximum absolute atomic E-state index is 13.8. The van der Waals surface area contributed by atoms with Crippen molar-refractivity contribution in [3.63, 3.8) is 0 Å². The van der Waals surface area contributed by atoms with Crippen LogP contribution in [0.15, 0.2) is 60.7 Å². The monoisotopic (exact) mass is 524 g/mol. The van der Waals surface area contributed by atoms with Gasteiger partial charge in [-0.2, -0.15) is 13.2 Å². The number of carbonyl (C=O) groups excluding carboxylic acids is 1. The summed E-state index contributed by atoms with van der Waals surface area (Å²) in [6.45, 7) is 3.03. The van der Waals surface area contributed by atoms with Gasteiger partial charge in [-0.1, -0.05) is 41.4 Å². The van der Waals surface area contributed by atoms with Gasteiger partial charge < -0.3 is 9.80 Å². The van der Waals surface area contributed by atoms with Gasteiger partial charge in [-0.05, 0) is 66.1 Å². The highest BCUT2D eigenvalue weighted by Gasteiger charge is 2.34. The van der Waals surface area contributed by atoms with Crippen LogP contribution in [0.2, 0.25) is 10.0 Å². The van der Waals surface area contributed by atoms with E-state index in [1.54, 1.807) is 17.0 Å². The van der Waals surface area contributed by atoms with E-state index < -0.39 is 17.6 Å². The number of aryl methyl sites for hydroxylation is 1. The van der Waals surface area contributed by atoms with Gasteiger partial charge in [-0.15, -0.1) is 0 Å². The van der Waals surface area contributed by atoms with Gasteiger partial charge in [0.2, 0.25) is 5.91 Å². The molecule has 184 valence electrons. The predicted octanol–water partition coefficient (Wildman–Crippen LogP) is 7.09. The van der Waals surface area contributed by atoms with Crippen molar-refractivity contribution in [3.8, 4) is 0 Å². The molecule has 1 heterocycles. The van der Waals surface area contributed by atoms with Crippen LogP contribution in [0.3, 0.4) is 0 Å². The topological polar surface area (TPSA) is 23.6 Å². The zero-order chi connectivity index (χ0) is 25.3. The summed E-state index contributed by atoms with van der Waals surface area (Å²) in [5, 5.41) is 1.16. The van der Waals surface area contributed by atoms with Gasteiger partial charge in [0.25, 0.3) is 0 Å². The fourth-order valence-corrected chi connectivity index (χ4v) is 4.79. The number of nitrogens with zero attached hydrogens (tertiary/aromatic N) is 2. The lowest BCUT2D eigenvalue weighted by Crippen LogP contribution is -2.51. The van der Waals surface area contributed by atoms with Crippen LogP contribution < -0.4 is 4.90 Å². The maximum atomic E-state index is 13.8. The molecule has 1 fully saturated rings. The molecule has 0 aliphatic carbocycles. The summed E-state index contributed by atoms with van der Waals surface area (Å²) in [5.41, 5.74) is 1.62. The summed E-state index contributed by atoms with van der Waals surface area (Å²) in [5.74, 6) is -1.40. The van der Waals surface area contributed by atoms with E-state index in [2.05, 4.69) is 4.90 Å². The third-order valence-corrected chi connectivity index (χ3v) is 6.60. The number of hydrogen-bond donors (Lipinski definition) is 0. The molecule has 1 saturated heterocycles. The van der Waals surface area contributed by atoms with Crippen LogP contribution in [0.25, 0.3) is 0 Å². The van der Waals surface area contributed by atoms with E-state index >= 15 is 0 Å². The smallest absolute Gasteiger partial charge is 0.360 e. The first kappa shape index (κ1) is 25.3. The number of anilines is 1. The maximum Gasteiger partial charge on any atom is 0.416 e. The molecular formula is C26H22Cl2F4N2O. The number of amides is 1. The molecule has 4 rings (SSSR count). The number of alkyl halides is 3. The molecule has 35 heavy (non-hydrogen) atoms. The largest absolute Gasteiger partial charge is 0.416 e. The number of rotatable bonds is 4. The van der Waals surface area contributed by atoms with Gasteiger partial charge in [0.1, 0.15) is 5.82 Å². The van der Waals surface area contributed by atoms with Crippen LogP contribution in [0, 0.1) is 12.7 Å². The van der Waals surface area contributed by atoms with Crippen LogP contribution in [0.1, 0.15) is 28.3 Å². The number of hydrogen-bond acceptors (Lipinski definition) is 2. The van der Waals surface area contributed by atoms with E-state index in [1.165, 1.54) is 0 Å². The van der Waals surface area contributed by atoms with Crippen molar-refractivity contribution in [1.29, 1.82) is 0 Å². The minimum absolute atomic E-state index is 0.0191. The lowest BCUT2D eigenvalue weighted by Gasteiger charge is -2.43. The summed E-state index contributed by atoms with van der Waals surface area (Å²) in [7, 11) is 0. The Bertz CT molecular complexity index is 1230. The van der Waals surface area contributed by atoms with Crippen molar-refractivity contribution in [1.82, 2.24) is 4.90 Å². The van der Waals surface area contributed by atoms with Crippen molar-refractivity contribution in [2.24, 2.45) is 0 Å². The minimum atomic E-state index is -4.70. The Morgan fingerprint density at radius 2 is 1.71 bits per heavy atom. The molecule has 1 aliphatic rings. The zero-order valence-electron chi connectivity index (χ0n) is 18.7. The number of carbonyl (C=O) groups is 1. The lowest BCUT2D eigenvalue weighted by atomic mass is 10.00. The van der Waals surface area contributed by atoms with Crippen LogP contribution >= 0.6 is 23.2 Å². The van der Waals surface area contributed by atoms with E-state index in [9.17, 15) is 22.4 Å². The Hall–Kier alpha value is -2.77. The van der Waals surface area contributed by atoms with Gasteiger partial charge in [-0.25, -0.2) is 4.39 Å². The number of piperazine rings is 1. The van der Waals surface area contributed by atoms with E-state index in [-0.39, 0.29) is 30.5 Å². The first-order valence-corrected chi connectivity index (χ1v) is 11.7. The second-order valence-corrected chi connectivity index (χ2v) is 9.42. The molecule has 1 aliphatic heterocycles. The van der Waals surface area contributed by atoms with E-state index in [1.807, 2.05) is 37.3 Å². The molecule has 1 unspecified atom stereocenters. The van der Waals surface area contributed by atoms with Crippen LogP contribution in [-0.2, 0) is 17.4 Å². The quantitative estimate of drug-likeness (QED) is 0.340. The van der Waals surface area contributed by atoms with Gasteiger partial charge in [0.05, 0.1) is 28.7 Å². The molecular weight excluding hydrogens is 503 g/mol. The summed E-state index contributed by atoms with van der Waals surface area (Å²) in [6, 6.07) is 15.0. The highest BCUT2D eigenvalue weighted by molar-refractivity contribution is 6.33. The standard InChI is InChI=1S/C26H22Cl2F4N2O/c1-16-2-7-23(22(28)10-16)34-9-8-33(15-24(34)18-3-5-20(27)6-4-18)25(35)13-17-11-19(26(30,31)32)14-21(29)12-17/h2-7,10-12,14,24H,8-9,13,15H2,1H3. The Morgan fingerprint density at radius 1 is 1.00 bits per heavy atom. The summed E-state index contributed by atoms with van der Waals surface area (Å²) >= 11 is 12.6. The minimum Gasteiger partial charge on any atom is -0.360 e. The third kappa shape index (κ3) is 5.90. The number of halogens is 6. The van der Waals surface area contributed by atoms with Crippen LogP contribution in [0.4, 0.5) is 23.2 Å². The highest BCUT2D eigenvalue weighted by atomic mass is 35.5. The molecule has 0 aromatic heterocycles. The van der Waals surface area contributed by atoms with Crippen molar-refractivity contribution in [3.05, 3.63) is 98.8 Å². The van der Waals surface area contributed by atoms with Crippen molar-refractivity contribution in [2.75, 3.05) is 24.5 Å². The molecule has 0 bridgehead atoms. The molecule has 9 heteroatoms. The fourth-order valence-electron chi connectivity index (χ4n) is 4.32. The van der Waals surface area contributed by atoms with Crippen molar-refractivity contribution < 1.29 is 22.4 Å². The molecule has 3 aromatic rings. The first-order valence-electron chi connectivity index (χ1n) is 10.9. The molecule has 1 amide bonds. The molecule has 3 nitrogen and oxygen atoms in total. The molecule has 0 N–H and O–H groups in total. The van der Waals surface area contributed by atoms with Gasteiger partial charge >= 0.3 is 6.18 Å². The molecule has 1 atom stereocenters. The summed E-state index contributed by atoms with van der Waals surface area (Å²) < 4.78 is 53.1. The van der Waals surface area contributed by atoms with Crippen LogP contribution in [0.5, 0.6) is 0 Å². The average Bonchev–Trinajstić information content (AvgIpc) is 2.78. The Balaban J connectivity index is 1.60. The lowest BCUT2D eigenvalue weighted by molar-refractivity contribution is -0.138. The zero-order valence-corrected chi connectivity index (χ0v) is 20.3. The van der Waals surface area contributed by atoms with E-state index in [0.29, 0.717) is 29.2 Å². The summed E-state index contributed by atoms with van der Waals surface area (Å²) in [6.07, 6.45) is -5.03. The molecule has 0 spiro atoms. The van der Waals surface area contributed by atoms with E-state index in [4.69, 9.17) is 23.2 Å². The van der Waals surface area contributed by atoms with Crippen molar-refractivity contribution >= 4 is 34.8 Å². The van der Waals surface area contributed by atoms with Gasteiger partial charge in [0, 0.05) is 24.7 Å². The second kappa shape index (κ2) is 10.1. The Morgan fingerprint density at radius 3 is 2.37 bits per heavy atom.